The number of carbonyl (C=O) groups is 2. The summed E-state index contributed by atoms with van der Waals surface area (Å²) in [6.45, 7) is 11.2. The SMILES string of the molecule is C=C1CN(C(=O)OC(C)(C)C)C[C@@H]1Oc1ccc(C#N)cc1OC(C)=O. The molecular formula is C19H22N2O5. The number of nitrogens with zero attached hydrogens (tertiary/aromatic N) is 2. The van der Waals surface area contributed by atoms with Crippen molar-refractivity contribution in [3.05, 3.63) is 35.9 Å². The second kappa shape index (κ2) is 7.48. The summed E-state index contributed by atoms with van der Waals surface area (Å²) in [5.74, 6) is -0.0676. The van der Waals surface area contributed by atoms with Gasteiger partial charge in [0.25, 0.3) is 0 Å². The van der Waals surface area contributed by atoms with Crippen LogP contribution in [0, 0.1) is 11.3 Å². The zero-order chi connectivity index (χ0) is 19.5. The van der Waals surface area contributed by atoms with Gasteiger partial charge in [-0.1, -0.05) is 6.58 Å². The van der Waals surface area contributed by atoms with E-state index in [4.69, 9.17) is 19.5 Å². The summed E-state index contributed by atoms with van der Waals surface area (Å²) in [5.41, 5.74) is 0.454. The van der Waals surface area contributed by atoms with Crippen LogP contribution in [0.1, 0.15) is 33.3 Å². The zero-order valence-corrected chi connectivity index (χ0v) is 15.4. The molecule has 2 rings (SSSR count). The molecule has 7 heteroatoms. The summed E-state index contributed by atoms with van der Waals surface area (Å²) in [7, 11) is 0. The molecule has 1 aliphatic heterocycles. The van der Waals surface area contributed by atoms with Gasteiger partial charge in [0, 0.05) is 19.5 Å². The van der Waals surface area contributed by atoms with Gasteiger partial charge in [-0.3, -0.25) is 4.79 Å². The van der Waals surface area contributed by atoms with Crippen LogP contribution < -0.4 is 9.47 Å². The zero-order valence-electron chi connectivity index (χ0n) is 15.4. The number of likely N-dealkylation sites (tertiary alicyclic amines) is 1. The average Bonchev–Trinajstić information content (AvgIpc) is 2.88. The van der Waals surface area contributed by atoms with E-state index < -0.39 is 23.8 Å². The van der Waals surface area contributed by atoms with Gasteiger partial charge in [0.15, 0.2) is 11.5 Å². The Balaban J connectivity index is 2.14. The van der Waals surface area contributed by atoms with Crippen molar-refractivity contribution in [3.63, 3.8) is 0 Å². The molecule has 1 saturated heterocycles. The summed E-state index contributed by atoms with van der Waals surface area (Å²) in [4.78, 5) is 25.0. The second-order valence-corrected chi connectivity index (χ2v) is 6.99. The fraction of sp³-hybridized carbons (Fsp3) is 0.421. The first-order valence-corrected chi connectivity index (χ1v) is 8.14. The largest absolute Gasteiger partial charge is 0.480 e. The first-order chi connectivity index (χ1) is 12.1. The van der Waals surface area contributed by atoms with Crippen LogP contribution in [0.15, 0.2) is 30.4 Å². The summed E-state index contributed by atoms with van der Waals surface area (Å²) < 4.78 is 16.4. The molecule has 0 bridgehead atoms. The molecule has 1 aliphatic rings. The van der Waals surface area contributed by atoms with Crippen molar-refractivity contribution in [2.75, 3.05) is 13.1 Å². The number of hydrogen-bond donors (Lipinski definition) is 0. The van der Waals surface area contributed by atoms with Gasteiger partial charge in [0.2, 0.25) is 0 Å². The first-order valence-electron chi connectivity index (χ1n) is 8.14. The normalized spacial score (nSPS) is 16.8. The van der Waals surface area contributed by atoms with Gasteiger partial charge in [-0.15, -0.1) is 0 Å². The van der Waals surface area contributed by atoms with E-state index >= 15 is 0 Å². The number of carbonyl (C=O) groups excluding carboxylic acids is 2. The van der Waals surface area contributed by atoms with E-state index in [0.717, 1.165) is 0 Å². The number of ether oxygens (including phenoxy) is 3. The maximum absolute atomic E-state index is 12.2. The molecule has 1 fully saturated rings. The average molecular weight is 358 g/mol. The topological polar surface area (TPSA) is 88.9 Å². The minimum Gasteiger partial charge on any atom is -0.480 e. The second-order valence-electron chi connectivity index (χ2n) is 6.99. The molecule has 0 aliphatic carbocycles. The van der Waals surface area contributed by atoms with E-state index in [2.05, 4.69) is 6.58 Å². The molecule has 0 N–H and O–H groups in total. The minimum absolute atomic E-state index is 0.153. The molecule has 138 valence electrons. The Morgan fingerprint density at radius 2 is 2.00 bits per heavy atom. The number of benzene rings is 1. The predicted molar refractivity (Wildman–Crippen MR) is 93.8 cm³/mol. The highest BCUT2D eigenvalue weighted by Gasteiger charge is 2.34. The fourth-order valence-electron chi connectivity index (χ4n) is 2.39. The molecular weight excluding hydrogens is 336 g/mol. The monoisotopic (exact) mass is 358 g/mol. The highest BCUT2D eigenvalue weighted by Crippen LogP contribution is 2.32. The molecule has 0 aromatic heterocycles. The van der Waals surface area contributed by atoms with Crippen molar-refractivity contribution in [1.82, 2.24) is 4.90 Å². The van der Waals surface area contributed by atoms with E-state index in [1.807, 2.05) is 6.07 Å². The smallest absolute Gasteiger partial charge is 0.410 e. The van der Waals surface area contributed by atoms with Gasteiger partial charge < -0.3 is 19.1 Å². The number of nitriles is 1. The van der Waals surface area contributed by atoms with Crippen molar-refractivity contribution < 1.29 is 23.8 Å². The summed E-state index contributed by atoms with van der Waals surface area (Å²) >= 11 is 0. The fourth-order valence-corrected chi connectivity index (χ4v) is 2.39. The van der Waals surface area contributed by atoms with Crippen LogP contribution in [0.25, 0.3) is 0 Å². The lowest BCUT2D eigenvalue weighted by Gasteiger charge is -2.24. The van der Waals surface area contributed by atoms with Gasteiger partial charge in [-0.2, -0.15) is 5.26 Å². The van der Waals surface area contributed by atoms with Crippen LogP contribution in [0.3, 0.4) is 0 Å². The van der Waals surface area contributed by atoms with Gasteiger partial charge >= 0.3 is 12.1 Å². The maximum atomic E-state index is 12.2. The third-order valence-electron chi connectivity index (χ3n) is 3.48. The highest BCUT2D eigenvalue weighted by atomic mass is 16.6. The van der Waals surface area contributed by atoms with Gasteiger partial charge in [0.1, 0.15) is 11.7 Å². The summed E-state index contributed by atoms with van der Waals surface area (Å²) in [6.07, 6.45) is -0.908. The standard InChI is InChI=1S/C19H22N2O5/c1-12-10-21(18(23)26-19(3,4)5)11-17(12)25-15-7-6-14(9-20)8-16(15)24-13(2)22/h6-8,17H,1,10-11H2,2-5H3/t17-/m0/s1. The van der Waals surface area contributed by atoms with Gasteiger partial charge in [0.05, 0.1) is 18.2 Å². The van der Waals surface area contributed by atoms with Crippen LogP contribution in [-0.2, 0) is 9.53 Å². The maximum Gasteiger partial charge on any atom is 0.410 e. The molecule has 0 saturated carbocycles. The minimum atomic E-state index is -0.590. The van der Waals surface area contributed by atoms with Crippen LogP contribution in [0.5, 0.6) is 11.5 Å². The summed E-state index contributed by atoms with van der Waals surface area (Å²) in [6, 6.07) is 6.53. The quantitative estimate of drug-likeness (QED) is 0.469. The molecule has 1 heterocycles. The molecule has 1 aromatic carbocycles. The molecule has 26 heavy (non-hydrogen) atoms. The van der Waals surface area contributed by atoms with Crippen LogP contribution in [0.2, 0.25) is 0 Å². The molecule has 1 amide bonds. The third-order valence-corrected chi connectivity index (χ3v) is 3.48. The molecule has 1 atom stereocenters. The van der Waals surface area contributed by atoms with E-state index in [1.54, 1.807) is 32.9 Å². The van der Waals surface area contributed by atoms with E-state index in [9.17, 15) is 9.59 Å². The Hall–Kier alpha value is -3.01. The Morgan fingerprint density at radius 1 is 1.31 bits per heavy atom. The lowest BCUT2D eigenvalue weighted by Crippen LogP contribution is -2.36. The van der Waals surface area contributed by atoms with E-state index in [1.165, 1.54) is 17.9 Å². The van der Waals surface area contributed by atoms with Crippen molar-refractivity contribution in [2.45, 2.75) is 39.4 Å². The van der Waals surface area contributed by atoms with E-state index in [-0.39, 0.29) is 12.3 Å². The van der Waals surface area contributed by atoms with Crippen LogP contribution in [0.4, 0.5) is 4.79 Å². The van der Waals surface area contributed by atoms with Crippen LogP contribution in [-0.4, -0.2) is 41.8 Å². The molecule has 0 radical (unpaired) electrons. The van der Waals surface area contributed by atoms with Crippen molar-refractivity contribution in [3.8, 4) is 17.6 Å². The van der Waals surface area contributed by atoms with Gasteiger partial charge in [-0.25, -0.2) is 4.79 Å². The Labute approximate surface area is 152 Å². The highest BCUT2D eigenvalue weighted by molar-refractivity contribution is 5.71. The number of esters is 1. The first kappa shape index (κ1) is 19.3. The van der Waals surface area contributed by atoms with Crippen molar-refractivity contribution >= 4 is 12.1 Å². The number of hydrogen-bond acceptors (Lipinski definition) is 6. The molecule has 0 unspecified atom stereocenters. The number of amides is 1. The van der Waals surface area contributed by atoms with Crippen molar-refractivity contribution in [1.29, 1.82) is 5.26 Å². The molecule has 0 spiro atoms. The molecule has 1 aromatic rings. The van der Waals surface area contributed by atoms with Crippen LogP contribution >= 0.6 is 0 Å². The van der Waals surface area contributed by atoms with Crippen molar-refractivity contribution in [2.24, 2.45) is 0 Å². The Bertz CT molecular complexity index is 773. The lowest BCUT2D eigenvalue weighted by molar-refractivity contribution is -0.132. The lowest BCUT2D eigenvalue weighted by atomic mass is 10.2. The van der Waals surface area contributed by atoms with E-state index in [0.29, 0.717) is 23.4 Å². The summed E-state index contributed by atoms with van der Waals surface area (Å²) in [5, 5.41) is 9.00. The Morgan fingerprint density at radius 3 is 2.58 bits per heavy atom. The van der Waals surface area contributed by atoms with Gasteiger partial charge in [-0.05, 0) is 38.5 Å². The Kier molecular flexibility index (Phi) is 5.56. The molecule has 7 nitrogen and oxygen atoms in total. The number of rotatable bonds is 3. The predicted octanol–water partition coefficient (Wildman–Crippen LogP) is 3.04. The third kappa shape index (κ3) is 4.99.